The first-order valence-electron chi connectivity index (χ1n) is 12.3. The minimum absolute atomic E-state index is 0.993. The van der Waals surface area contributed by atoms with Crippen LogP contribution in [0.3, 0.4) is 0 Å². The van der Waals surface area contributed by atoms with Crippen LogP contribution in [0.1, 0.15) is 0 Å². The van der Waals surface area contributed by atoms with Crippen molar-refractivity contribution in [2.45, 2.75) is 0 Å². The Kier molecular flexibility index (Phi) is 5.34. The first-order valence-corrected chi connectivity index (χ1v) is 13.1. The fourth-order valence-corrected chi connectivity index (χ4v) is 6.35. The van der Waals surface area contributed by atoms with Gasteiger partial charge in [-0.1, -0.05) is 97.1 Å². The SMILES string of the molecule is c1ccc(-c2ccc(-c3cccc4c3sc3c(-c5ccc(-c6ccccn6)cc5)cccc34)cc2)nc1. The molecule has 0 saturated heterocycles. The molecule has 0 aliphatic heterocycles. The van der Waals surface area contributed by atoms with Crippen LogP contribution in [0.5, 0.6) is 0 Å². The second kappa shape index (κ2) is 9.12. The third kappa shape index (κ3) is 3.90. The lowest BCUT2D eigenvalue weighted by molar-refractivity contribution is 1.33. The number of thiophene rings is 1. The molecule has 0 amide bonds. The summed E-state index contributed by atoms with van der Waals surface area (Å²) in [4.78, 5) is 8.98. The van der Waals surface area contributed by atoms with Gasteiger partial charge in [-0.3, -0.25) is 9.97 Å². The number of hydrogen-bond donors (Lipinski definition) is 0. The molecule has 2 nitrogen and oxygen atoms in total. The molecule has 7 aromatic rings. The summed E-state index contributed by atoms with van der Waals surface area (Å²) in [6.07, 6.45) is 3.68. The normalized spacial score (nSPS) is 11.2. The Labute approximate surface area is 219 Å². The predicted octanol–water partition coefficient (Wildman–Crippen LogP) is 9.51. The van der Waals surface area contributed by atoms with E-state index in [2.05, 4.69) is 94.9 Å². The second-order valence-electron chi connectivity index (χ2n) is 9.05. The average molecular weight is 491 g/mol. The number of rotatable bonds is 4. The van der Waals surface area contributed by atoms with Crippen LogP contribution < -0.4 is 0 Å². The summed E-state index contributed by atoms with van der Waals surface area (Å²) in [7, 11) is 0. The Bertz CT molecular complexity index is 1700. The molecule has 0 atom stereocenters. The summed E-state index contributed by atoms with van der Waals surface area (Å²) in [6, 6.07) is 42.8. The van der Waals surface area contributed by atoms with Crippen molar-refractivity contribution in [1.82, 2.24) is 9.97 Å². The van der Waals surface area contributed by atoms with Gasteiger partial charge < -0.3 is 0 Å². The molecule has 3 heteroatoms. The number of nitrogens with zero attached hydrogens (tertiary/aromatic N) is 2. The number of hydrogen-bond acceptors (Lipinski definition) is 3. The van der Waals surface area contributed by atoms with Crippen molar-refractivity contribution in [2.24, 2.45) is 0 Å². The lowest BCUT2D eigenvalue weighted by Gasteiger charge is -2.06. The fraction of sp³-hybridized carbons (Fsp3) is 0. The van der Waals surface area contributed by atoms with E-state index in [4.69, 9.17) is 0 Å². The van der Waals surface area contributed by atoms with E-state index < -0.39 is 0 Å². The molecule has 0 saturated carbocycles. The van der Waals surface area contributed by atoms with E-state index in [9.17, 15) is 0 Å². The van der Waals surface area contributed by atoms with Crippen LogP contribution in [-0.4, -0.2) is 9.97 Å². The number of benzene rings is 4. The molecule has 3 aromatic heterocycles. The van der Waals surface area contributed by atoms with Gasteiger partial charge in [0, 0.05) is 43.7 Å². The molecular weight excluding hydrogens is 468 g/mol. The maximum absolute atomic E-state index is 4.49. The summed E-state index contributed by atoms with van der Waals surface area (Å²) in [6.45, 7) is 0. The maximum atomic E-state index is 4.49. The Balaban J connectivity index is 1.32. The molecule has 3 heterocycles. The quantitative estimate of drug-likeness (QED) is 0.245. The summed E-state index contributed by atoms with van der Waals surface area (Å²) >= 11 is 1.88. The zero-order chi connectivity index (χ0) is 24.6. The standard InChI is InChI=1S/C34H22N2S/c1-3-21-35-31(11-1)25-17-13-23(14-18-25)27-7-5-9-29-30-10-6-8-28(34(30)37-33(27)29)24-15-19-26(20-16-24)32-12-2-4-22-36-32/h1-22H. The predicted molar refractivity (Wildman–Crippen MR) is 157 cm³/mol. The largest absolute Gasteiger partial charge is 0.256 e. The molecule has 0 N–H and O–H groups in total. The van der Waals surface area contributed by atoms with Crippen LogP contribution in [0, 0.1) is 0 Å². The topological polar surface area (TPSA) is 25.8 Å². The Morgan fingerprint density at radius 2 is 0.811 bits per heavy atom. The number of fused-ring (bicyclic) bond motifs is 3. The lowest BCUT2D eigenvalue weighted by Crippen LogP contribution is -1.83. The van der Waals surface area contributed by atoms with Gasteiger partial charge in [-0.25, -0.2) is 0 Å². The van der Waals surface area contributed by atoms with Crippen LogP contribution in [0.2, 0.25) is 0 Å². The molecule has 4 aromatic carbocycles. The third-order valence-corrected chi connectivity index (χ3v) is 8.13. The summed E-state index contributed by atoms with van der Waals surface area (Å²) < 4.78 is 2.64. The zero-order valence-electron chi connectivity index (χ0n) is 20.0. The van der Waals surface area contributed by atoms with Crippen molar-refractivity contribution >= 4 is 31.5 Å². The molecule has 0 fully saturated rings. The minimum Gasteiger partial charge on any atom is -0.256 e. The van der Waals surface area contributed by atoms with Crippen molar-refractivity contribution in [3.8, 4) is 44.8 Å². The monoisotopic (exact) mass is 490 g/mol. The molecule has 7 rings (SSSR count). The first-order chi connectivity index (χ1) is 18.3. The molecule has 37 heavy (non-hydrogen) atoms. The van der Waals surface area contributed by atoms with Gasteiger partial charge in [0.2, 0.25) is 0 Å². The van der Waals surface area contributed by atoms with E-state index in [0.29, 0.717) is 0 Å². The molecule has 0 bridgehead atoms. The highest BCUT2D eigenvalue weighted by molar-refractivity contribution is 7.26. The van der Waals surface area contributed by atoms with Gasteiger partial charge in [-0.2, -0.15) is 0 Å². The molecule has 0 unspecified atom stereocenters. The Morgan fingerprint density at radius 1 is 0.378 bits per heavy atom. The van der Waals surface area contributed by atoms with Gasteiger partial charge in [-0.05, 0) is 46.5 Å². The van der Waals surface area contributed by atoms with Crippen molar-refractivity contribution in [3.05, 3.63) is 134 Å². The number of pyridine rings is 2. The smallest absolute Gasteiger partial charge is 0.0701 e. The Morgan fingerprint density at radius 3 is 1.22 bits per heavy atom. The van der Waals surface area contributed by atoms with Gasteiger partial charge in [-0.15, -0.1) is 11.3 Å². The van der Waals surface area contributed by atoms with Gasteiger partial charge in [0.15, 0.2) is 0 Å². The third-order valence-electron chi connectivity index (χ3n) is 6.84. The summed E-state index contributed by atoms with van der Waals surface area (Å²) in [5, 5.41) is 2.61. The molecule has 0 aliphatic carbocycles. The molecule has 0 aliphatic rings. The molecule has 174 valence electrons. The van der Waals surface area contributed by atoms with E-state index in [1.165, 1.54) is 42.4 Å². The van der Waals surface area contributed by atoms with Crippen LogP contribution >= 0.6 is 11.3 Å². The average Bonchev–Trinajstić information content (AvgIpc) is 3.38. The highest BCUT2D eigenvalue weighted by atomic mass is 32.1. The van der Waals surface area contributed by atoms with Crippen molar-refractivity contribution < 1.29 is 0 Å². The minimum atomic E-state index is 0.993. The zero-order valence-corrected chi connectivity index (χ0v) is 20.8. The van der Waals surface area contributed by atoms with E-state index in [-0.39, 0.29) is 0 Å². The molecule has 0 radical (unpaired) electrons. The lowest BCUT2D eigenvalue weighted by atomic mass is 9.98. The van der Waals surface area contributed by atoms with Gasteiger partial charge >= 0.3 is 0 Å². The molecular formula is C34H22N2S. The van der Waals surface area contributed by atoms with Crippen molar-refractivity contribution in [1.29, 1.82) is 0 Å². The first kappa shape index (κ1) is 21.7. The van der Waals surface area contributed by atoms with Crippen LogP contribution in [0.25, 0.3) is 64.9 Å². The highest BCUT2D eigenvalue weighted by Gasteiger charge is 2.14. The van der Waals surface area contributed by atoms with Crippen LogP contribution in [0.15, 0.2) is 134 Å². The maximum Gasteiger partial charge on any atom is 0.0701 e. The van der Waals surface area contributed by atoms with E-state index in [0.717, 1.165) is 22.5 Å². The van der Waals surface area contributed by atoms with Gasteiger partial charge in [0.1, 0.15) is 0 Å². The van der Waals surface area contributed by atoms with Gasteiger partial charge in [0.05, 0.1) is 11.4 Å². The summed E-state index contributed by atoms with van der Waals surface area (Å²) in [5.74, 6) is 0. The van der Waals surface area contributed by atoms with Crippen molar-refractivity contribution in [2.75, 3.05) is 0 Å². The van der Waals surface area contributed by atoms with Crippen molar-refractivity contribution in [3.63, 3.8) is 0 Å². The van der Waals surface area contributed by atoms with E-state index in [1.54, 1.807) is 0 Å². The summed E-state index contributed by atoms with van der Waals surface area (Å²) in [5.41, 5.74) is 9.22. The van der Waals surface area contributed by atoms with Gasteiger partial charge in [0.25, 0.3) is 0 Å². The van der Waals surface area contributed by atoms with Crippen LogP contribution in [-0.2, 0) is 0 Å². The second-order valence-corrected chi connectivity index (χ2v) is 10.1. The molecule has 0 spiro atoms. The van der Waals surface area contributed by atoms with Crippen LogP contribution in [0.4, 0.5) is 0 Å². The highest BCUT2D eigenvalue weighted by Crippen LogP contribution is 2.44. The van der Waals surface area contributed by atoms with E-state index >= 15 is 0 Å². The fourth-order valence-electron chi connectivity index (χ4n) is 4.98. The number of aromatic nitrogens is 2. The Hall–Kier alpha value is -4.60. The van der Waals surface area contributed by atoms with E-state index in [1.807, 2.05) is 60.1 Å².